The van der Waals surface area contributed by atoms with Crippen LogP contribution in [0.2, 0.25) is 0 Å². The van der Waals surface area contributed by atoms with E-state index < -0.39 is 5.54 Å². The first-order valence-electron chi connectivity index (χ1n) is 6.08. The van der Waals surface area contributed by atoms with E-state index in [0.29, 0.717) is 6.42 Å². The Bertz CT molecular complexity index is 400. The zero-order valence-corrected chi connectivity index (χ0v) is 11.2. The van der Waals surface area contributed by atoms with Crippen molar-refractivity contribution in [3.05, 3.63) is 29.8 Å². The number of nitrogens with one attached hydrogen (secondary N) is 1. The lowest BCUT2D eigenvalue weighted by Gasteiger charge is -2.27. The molecule has 1 aromatic rings. The highest BCUT2D eigenvalue weighted by Gasteiger charge is 2.22. The Hall–Kier alpha value is -1.55. The van der Waals surface area contributed by atoms with Crippen molar-refractivity contribution in [3.63, 3.8) is 0 Å². The topological polar surface area (TPSA) is 58.6 Å². The van der Waals surface area contributed by atoms with Crippen molar-refractivity contribution in [2.24, 2.45) is 0 Å². The van der Waals surface area contributed by atoms with E-state index in [4.69, 9.17) is 4.74 Å². The average Bonchev–Trinajstić information content (AvgIpc) is 2.38. The molecule has 0 bridgehead atoms. The van der Waals surface area contributed by atoms with Crippen LogP contribution in [0.25, 0.3) is 0 Å². The van der Waals surface area contributed by atoms with Gasteiger partial charge in [-0.05, 0) is 31.0 Å². The van der Waals surface area contributed by atoms with Crippen LogP contribution in [-0.4, -0.2) is 30.3 Å². The van der Waals surface area contributed by atoms with Crippen molar-refractivity contribution >= 4 is 5.91 Å². The predicted molar refractivity (Wildman–Crippen MR) is 70.6 cm³/mol. The third kappa shape index (κ3) is 4.04. The van der Waals surface area contributed by atoms with Gasteiger partial charge in [-0.3, -0.25) is 4.79 Å². The summed E-state index contributed by atoms with van der Waals surface area (Å²) >= 11 is 0. The number of methoxy groups -OCH3 is 1. The minimum Gasteiger partial charge on any atom is -0.497 e. The Kier molecular flexibility index (Phi) is 5.16. The molecule has 0 aliphatic rings. The van der Waals surface area contributed by atoms with Gasteiger partial charge in [-0.1, -0.05) is 19.1 Å². The molecule has 100 valence electrons. The van der Waals surface area contributed by atoms with E-state index in [1.165, 1.54) is 0 Å². The molecule has 0 heterocycles. The van der Waals surface area contributed by atoms with Crippen molar-refractivity contribution in [1.82, 2.24) is 5.32 Å². The maximum absolute atomic E-state index is 11.9. The Morgan fingerprint density at radius 3 is 2.78 bits per heavy atom. The molecule has 0 aliphatic heterocycles. The first-order valence-corrected chi connectivity index (χ1v) is 6.08. The van der Waals surface area contributed by atoms with E-state index in [9.17, 15) is 9.90 Å². The van der Waals surface area contributed by atoms with Crippen LogP contribution >= 0.6 is 0 Å². The summed E-state index contributed by atoms with van der Waals surface area (Å²) in [5, 5.41) is 12.1. The second-order valence-corrected chi connectivity index (χ2v) is 4.65. The molecule has 1 atom stereocenters. The fraction of sp³-hybridized carbons (Fsp3) is 0.500. The fourth-order valence-electron chi connectivity index (χ4n) is 1.59. The highest BCUT2D eigenvalue weighted by molar-refractivity contribution is 5.79. The molecule has 0 spiro atoms. The van der Waals surface area contributed by atoms with Crippen molar-refractivity contribution < 1.29 is 14.6 Å². The Morgan fingerprint density at radius 2 is 2.22 bits per heavy atom. The molecular formula is C14H21NO3. The Morgan fingerprint density at radius 1 is 1.50 bits per heavy atom. The third-order valence-corrected chi connectivity index (χ3v) is 3.07. The van der Waals surface area contributed by atoms with Gasteiger partial charge in [0.15, 0.2) is 0 Å². The minimum atomic E-state index is -0.546. The summed E-state index contributed by atoms with van der Waals surface area (Å²) in [6.07, 6.45) is 0.972. The number of ether oxygens (including phenoxy) is 1. The van der Waals surface area contributed by atoms with E-state index in [-0.39, 0.29) is 18.9 Å². The Balaban J connectivity index is 2.64. The van der Waals surface area contributed by atoms with Crippen LogP contribution in [0, 0.1) is 0 Å². The van der Waals surface area contributed by atoms with E-state index >= 15 is 0 Å². The summed E-state index contributed by atoms with van der Waals surface area (Å²) in [6, 6.07) is 7.41. The molecule has 0 aliphatic carbocycles. The normalized spacial score (nSPS) is 13.8. The summed E-state index contributed by atoms with van der Waals surface area (Å²) in [7, 11) is 1.60. The number of amides is 1. The summed E-state index contributed by atoms with van der Waals surface area (Å²) < 4.78 is 5.11. The third-order valence-electron chi connectivity index (χ3n) is 3.07. The van der Waals surface area contributed by atoms with Crippen molar-refractivity contribution in [2.75, 3.05) is 13.7 Å². The number of hydrogen-bond donors (Lipinski definition) is 2. The van der Waals surface area contributed by atoms with Gasteiger partial charge < -0.3 is 15.2 Å². The zero-order valence-electron chi connectivity index (χ0n) is 11.2. The highest BCUT2D eigenvalue weighted by atomic mass is 16.5. The number of aliphatic hydroxyl groups excluding tert-OH is 1. The lowest BCUT2D eigenvalue weighted by molar-refractivity contribution is -0.122. The zero-order chi connectivity index (χ0) is 13.6. The summed E-state index contributed by atoms with van der Waals surface area (Å²) in [5.74, 6) is 0.641. The van der Waals surface area contributed by atoms with Gasteiger partial charge in [0, 0.05) is 0 Å². The average molecular weight is 251 g/mol. The van der Waals surface area contributed by atoms with Gasteiger partial charge in [-0.15, -0.1) is 0 Å². The van der Waals surface area contributed by atoms with Crippen LogP contribution in [0.3, 0.4) is 0 Å². The van der Waals surface area contributed by atoms with Gasteiger partial charge in [0.1, 0.15) is 5.75 Å². The number of aliphatic hydroxyl groups is 1. The molecule has 2 N–H and O–H groups in total. The van der Waals surface area contributed by atoms with Crippen molar-refractivity contribution in [1.29, 1.82) is 0 Å². The quantitative estimate of drug-likeness (QED) is 0.806. The molecule has 4 nitrogen and oxygen atoms in total. The van der Waals surface area contributed by atoms with Gasteiger partial charge in [0.05, 0.1) is 25.7 Å². The second kappa shape index (κ2) is 6.40. The van der Waals surface area contributed by atoms with E-state index in [2.05, 4.69) is 5.32 Å². The van der Waals surface area contributed by atoms with E-state index in [1.807, 2.05) is 38.1 Å². The molecule has 0 saturated heterocycles. The number of carbonyl (C=O) groups is 1. The van der Waals surface area contributed by atoms with E-state index in [0.717, 1.165) is 11.3 Å². The lowest BCUT2D eigenvalue weighted by Crippen LogP contribution is -2.48. The van der Waals surface area contributed by atoms with Gasteiger partial charge >= 0.3 is 0 Å². The van der Waals surface area contributed by atoms with Crippen LogP contribution in [0.4, 0.5) is 0 Å². The maximum atomic E-state index is 11.9. The molecule has 0 aromatic heterocycles. The van der Waals surface area contributed by atoms with Crippen molar-refractivity contribution in [3.8, 4) is 5.75 Å². The van der Waals surface area contributed by atoms with Gasteiger partial charge in [0.25, 0.3) is 0 Å². The molecule has 0 fully saturated rings. The van der Waals surface area contributed by atoms with Gasteiger partial charge in [-0.25, -0.2) is 0 Å². The number of rotatable bonds is 6. The number of benzene rings is 1. The monoisotopic (exact) mass is 251 g/mol. The second-order valence-electron chi connectivity index (χ2n) is 4.65. The first-order chi connectivity index (χ1) is 8.53. The summed E-state index contributed by atoms with van der Waals surface area (Å²) in [5.41, 5.74) is 0.346. The maximum Gasteiger partial charge on any atom is 0.224 e. The van der Waals surface area contributed by atoms with Gasteiger partial charge in [0.2, 0.25) is 5.91 Å². The van der Waals surface area contributed by atoms with Crippen LogP contribution in [-0.2, 0) is 11.2 Å². The highest BCUT2D eigenvalue weighted by Crippen LogP contribution is 2.14. The van der Waals surface area contributed by atoms with Gasteiger partial charge in [-0.2, -0.15) is 0 Å². The van der Waals surface area contributed by atoms with Crippen molar-refractivity contribution in [2.45, 2.75) is 32.2 Å². The molecule has 0 saturated carbocycles. The fourth-order valence-corrected chi connectivity index (χ4v) is 1.59. The van der Waals surface area contributed by atoms with E-state index in [1.54, 1.807) is 7.11 Å². The largest absolute Gasteiger partial charge is 0.497 e. The number of hydrogen-bond acceptors (Lipinski definition) is 3. The molecule has 1 rings (SSSR count). The molecule has 1 amide bonds. The van der Waals surface area contributed by atoms with Crippen LogP contribution in [0.1, 0.15) is 25.8 Å². The number of carbonyl (C=O) groups excluding carboxylic acids is 1. The SMILES string of the molecule is CCC(C)(CO)NC(=O)Cc1cccc(OC)c1. The first kappa shape index (κ1) is 14.5. The smallest absolute Gasteiger partial charge is 0.224 e. The standard InChI is InChI=1S/C14H21NO3/c1-4-14(2,10-16)15-13(17)9-11-6-5-7-12(8-11)18-3/h5-8,16H,4,9-10H2,1-3H3,(H,15,17). The van der Waals surface area contributed by atoms with Crippen LogP contribution in [0.5, 0.6) is 5.75 Å². The Labute approximate surface area is 108 Å². The molecule has 1 unspecified atom stereocenters. The molecule has 4 heteroatoms. The minimum absolute atomic E-state index is 0.0622. The lowest BCUT2D eigenvalue weighted by atomic mass is 9.99. The molecule has 1 aromatic carbocycles. The summed E-state index contributed by atoms with van der Waals surface area (Å²) in [6.45, 7) is 3.70. The molecule has 0 radical (unpaired) electrons. The van der Waals surface area contributed by atoms with Crippen LogP contribution < -0.4 is 10.1 Å². The summed E-state index contributed by atoms with van der Waals surface area (Å²) in [4.78, 5) is 11.9. The van der Waals surface area contributed by atoms with Crippen LogP contribution in [0.15, 0.2) is 24.3 Å². The predicted octanol–water partition coefficient (Wildman–Crippen LogP) is 1.51. The molecule has 18 heavy (non-hydrogen) atoms. The molecular weight excluding hydrogens is 230 g/mol.